The number of Topliss-reactive ketones (excluding diaryl/α,β-unsaturated/α-hetero) is 1. The van der Waals surface area contributed by atoms with Crippen LogP contribution in [0, 0.1) is 13.8 Å². The molecule has 0 unspecified atom stereocenters. The minimum absolute atomic E-state index is 0.0271. The van der Waals surface area contributed by atoms with Crippen LogP contribution in [0.1, 0.15) is 28.4 Å². The highest BCUT2D eigenvalue weighted by atomic mass is 16.2. The van der Waals surface area contributed by atoms with Gasteiger partial charge in [0.15, 0.2) is 5.78 Å². The lowest BCUT2D eigenvalue weighted by molar-refractivity contribution is -0.114. The van der Waals surface area contributed by atoms with Gasteiger partial charge in [-0.1, -0.05) is 12.1 Å². The molecule has 2 rings (SSSR count). The highest BCUT2D eigenvalue weighted by molar-refractivity contribution is 5.95. The second-order valence-electron chi connectivity index (χ2n) is 5.28. The van der Waals surface area contributed by atoms with Crippen LogP contribution in [0.5, 0.6) is 0 Å². The third kappa shape index (κ3) is 3.95. The fourth-order valence-corrected chi connectivity index (χ4v) is 2.09. The van der Waals surface area contributed by atoms with Gasteiger partial charge in [-0.25, -0.2) is 0 Å². The molecule has 2 N–H and O–H groups in total. The van der Waals surface area contributed by atoms with Gasteiger partial charge in [-0.05, 0) is 62.2 Å². The van der Waals surface area contributed by atoms with Gasteiger partial charge < -0.3 is 10.6 Å². The molecule has 0 heterocycles. The summed E-state index contributed by atoms with van der Waals surface area (Å²) >= 11 is 0. The van der Waals surface area contributed by atoms with Crippen molar-refractivity contribution in [2.45, 2.75) is 20.8 Å². The van der Waals surface area contributed by atoms with E-state index in [1.54, 1.807) is 24.3 Å². The molecule has 0 spiro atoms. The van der Waals surface area contributed by atoms with Crippen molar-refractivity contribution in [3.05, 3.63) is 59.2 Å². The van der Waals surface area contributed by atoms with Gasteiger partial charge in [-0.2, -0.15) is 0 Å². The summed E-state index contributed by atoms with van der Waals surface area (Å²) in [5.41, 5.74) is 4.51. The van der Waals surface area contributed by atoms with E-state index in [0.29, 0.717) is 5.56 Å². The normalized spacial score (nSPS) is 10.1. The van der Waals surface area contributed by atoms with Crippen LogP contribution in [0.15, 0.2) is 42.5 Å². The third-order valence-electron chi connectivity index (χ3n) is 3.62. The van der Waals surface area contributed by atoms with Crippen LogP contribution >= 0.6 is 0 Å². The molecular weight excluding hydrogens is 276 g/mol. The summed E-state index contributed by atoms with van der Waals surface area (Å²) < 4.78 is 0. The number of rotatable bonds is 5. The lowest BCUT2D eigenvalue weighted by Crippen LogP contribution is -2.22. The number of carbonyl (C=O) groups is 2. The summed E-state index contributed by atoms with van der Waals surface area (Å²) in [7, 11) is 0. The van der Waals surface area contributed by atoms with Crippen molar-refractivity contribution >= 4 is 23.1 Å². The van der Waals surface area contributed by atoms with E-state index < -0.39 is 0 Å². The number of nitrogens with one attached hydrogen (secondary N) is 2. The first kappa shape index (κ1) is 15.8. The van der Waals surface area contributed by atoms with Gasteiger partial charge in [0.05, 0.1) is 6.54 Å². The molecule has 1 amide bonds. The molecule has 4 nitrogen and oxygen atoms in total. The van der Waals surface area contributed by atoms with E-state index in [1.165, 1.54) is 6.92 Å². The molecule has 114 valence electrons. The van der Waals surface area contributed by atoms with E-state index in [4.69, 9.17) is 0 Å². The quantitative estimate of drug-likeness (QED) is 0.829. The molecule has 0 atom stereocenters. The van der Waals surface area contributed by atoms with Gasteiger partial charge >= 0.3 is 0 Å². The predicted molar refractivity (Wildman–Crippen MR) is 89.5 cm³/mol. The van der Waals surface area contributed by atoms with Crippen molar-refractivity contribution in [2.24, 2.45) is 0 Å². The number of anilines is 2. The van der Waals surface area contributed by atoms with Crippen molar-refractivity contribution in [1.82, 2.24) is 0 Å². The number of aryl methyl sites for hydroxylation is 1. The Morgan fingerprint density at radius 3 is 2.32 bits per heavy atom. The Hall–Kier alpha value is -2.62. The Labute approximate surface area is 130 Å². The Kier molecular flexibility index (Phi) is 4.94. The topological polar surface area (TPSA) is 58.2 Å². The lowest BCUT2D eigenvalue weighted by atomic mass is 10.1. The Balaban J connectivity index is 1.92. The first-order chi connectivity index (χ1) is 10.5. The van der Waals surface area contributed by atoms with Crippen LogP contribution in [0.3, 0.4) is 0 Å². The Bertz CT molecular complexity index is 691. The molecular formula is C18H20N2O2. The van der Waals surface area contributed by atoms with Crippen LogP contribution < -0.4 is 10.6 Å². The maximum atomic E-state index is 12.0. The van der Waals surface area contributed by atoms with E-state index >= 15 is 0 Å². The van der Waals surface area contributed by atoms with E-state index in [2.05, 4.69) is 10.6 Å². The molecule has 22 heavy (non-hydrogen) atoms. The third-order valence-corrected chi connectivity index (χ3v) is 3.62. The average molecular weight is 296 g/mol. The first-order valence-corrected chi connectivity index (χ1v) is 7.18. The van der Waals surface area contributed by atoms with E-state index in [1.807, 2.05) is 32.0 Å². The van der Waals surface area contributed by atoms with Crippen LogP contribution in [-0.4, -0.2) is 18.2 Å². The summed E-state index contributed by atoms with van der Waals surface area (Å²) in [6.07, 6.45) is 0. The minimum atomic E-state index is -0.107. The highest BCUT2D eigenvalue weighted by Crippen LogP contribution is 2.17. The van der Waals surface area contributed by atoms with Gasteiger partial charge in [0.1, 0.15) is 0 Å². The zero-order valence-electron chi connectivity index (χ0n) is 13.1. The zero-order chi connectivity index (χ0) is 16.1. The van der Waals surface area contributed by atoms with Crippen molar-refractivity contribution in [2.75, 3.05) is 17.2 Å². The number of ketones is 1. The van der Waals surface area contributed by atoms with Gasteiger partial charge in [0, 0.05) is 16.9 Å². The maximum Gasteiger partial charge on any atom is 0.243 e. The van der Waals surface area contributed by atoms with E-state index in [0.717, 1.165) is 22.5 Å². The number of hydrogen-bond donors (Lipinski definition) is 2. The van der Waals surface area contributed by atoms with Gasteiger partial charge in [0.25, 0.3) is 0 Å². The molecule has 0 saturated carbocycles. The van der Waals surface area contributed by atoms with Crippen molar-refractivity contribution in [3.8, 4) is 0 Å². The summed E-state index contributed by atoms with van der Waals surface area (Å²) in [5.74, 6) is -0.0800. The molecule has 2 aromatic carbocycles. The molecule has 4 heteroatoms. The Morgan fingerprint density at radius 1 is 1.00 bits per heavy atom. The average Bonchev–Trinajstić information content (AvgIpc) is 2.50. The zero-order valence-corrected chi connectivity index (χ0v) is 13.1. The maximum absolute atomic E-state index is 12.0. The minimum Gasteiger partial charge on any atom is -0.376 e. The van der Waals surface area contributed by atoms with E-state index in [9.17, 15) is 9.59 Å². The number of benzene rings is 2. The summed E-state index contributed by atoms with van der Waals surface area (Å²) in [6.45, 7) is 5.70. The molecule has 0 aliphatic rings. The number of amides is 1. The Morgan fingerprint density at radius 2 is 1.68 bits per heavy atom. The number of carbonyl (C=O) groups excluding carboxylic acids is 2. The van der Waals surface area contributed by atoms with Crippen LogP contribution in [0.2, 0.25) is 0 Å². The lowest BCUT2D eigenvalue weighted by Gasteiger charge is -2.11. The van der Waals surface area contributed by atoms with Crippen LogP contribution in [0.4, 0.5) is 11.4 Å². The van der Waals surface area contributed by atoms with Crippen LogP contribution in [0.25, 0.3) is 0 Å². The fourth-order valence-electron chi connectivity index (χ4n) is 2.09. The predicted octanol–water partition coefficient (Wildman–Crippen LogP) is 3.56. The first-order valence-electron chi connectivity index (χ1n) is 7.18. The summed E-state index contributed by atoms with van der Waals surface area (Å²) in [5, 5.41) is 5.94. The molecule has 2 aromatic rings. The smallest absolute Gasteiger partial charge is 0.243 e. The molecule has 0 aliphatic carbocycles. The molecule has 0 aliphatic heterocycles. The largest absolute Gasteiger partial charge is 0.376 e. The molecule has 0 bridgehead atoms. The van der Waals surface area contributed by atoms with Crippen molar-refractivity contribution in [3.63, 3.8) is 0 Å². The molecule has 0 radical (unpaired) electrons. The van der Waals surface area contributed by atoms with Crippen molar-refractivity contribution in [1.29, 1.82) is 0 Å². The standard InChI is InChI=1S/C18H20N2O2/c1-12-5-4-6-17(13(12)2)20-18(22)11-19-16-9-7-15(8-10-16)14(3)21/h4-10,19H,11H2,1-3H3,(H,20,22). The second kappa shape index (κ2) is 6.89. The SMILES string of the molecule is CC(=O)c1ccc(NCC(=O)Nc2cccc(C)c2C)cc1. The van der Waals surface area contributed by atoms with Gasteiger partial charge in [-0.15, -0.1) is 0 Å². The fraction of sp³-hybridized carbons (Fsp3) is 0.222. The number of hydrogen-bond acceptors (Lipinski definition) is 3. The molecule has 0 fully saturated rings. The van der Waals surface area contributed by atoms with Gasteiger partial charge in [-0.3, -0.25) is 9.59 Å². The van der Waals surface area contributed by atoms with Crippen LogP contribution in [-0.2, 0) is 4.79 Å². The monoisotopic (exact) mass is 296 g/mol. The summed E-state index contributed by atoms with van der Waals surface area (Å²) in [4.78, 5) is 23.2. The van der Waals surface area contributed by atoms with E-state index in [-0.39, 0.29) is 18.2 Å². The molecule has 0 aromatic heterocycles. The summed E-state index contributed by atoms with van der Waals surface area (Å²) in [6, 6.07) is 12.9. The van der Waals surface area contributed by atoms with Gasteiger partial charge in [0.2, 0.25) is 5.91 Å². The van der Waals surface area contributed by atoms with Crippen molar-refractivity contribution < 1.29 is 9.59 Å². The highest BCUT2D eigenvalue weighted by Gasteiger charge is 2.06. The second-order valence-corrected chi connectivity index (χ2v) is 5.28. The molecule has 0 saturated heterocycles.